The fourth-order valence-corrected chi connectivity index (χ4v) is 2.62. The molecule has 2 aromatic rings. The van der Waals surface area contributed by atoms with Crippen molar-refractivity contribution in [2.75, 3.05) is 5.32 Å². The number of aryl methyl sites for hydroxylation is 2. The first-order chi connectivity index (χ1) is 11.5. The molecule has 0 saturated heterocycles. The molecule has 0 unspecified atom stereocenters. The van der Waals surface area contributed by atoms with Gasteiger partial charge in [-0.25, -0.2) is 13.8 Å². The lowest BCUT2D eigenvalue weighted by Crippen LogP contribution is -2.35. The normalized spacial score (nSPS) is 13.2. The second-order valence-corrected chi connectivity index (χ2v) is 5.59. The molecule has 2 amide bonds. The molecule has 6 nitrogen and oxygen atoms in total. The zero-order valence-electron chi connectivity index (χ0n) is 12.8. The molecule has 1 aromatic heterocycles. The van der Waals surface area contributed by atoms with Crippen LogP contribution >= 0.6 is 0 Å². The highest BCUT2D eigenvalue weighted by atomic mass is 19.1. The second-order valence-electron chi connectivity index (χ2n) is 5.59. The number of anilines is 1. The molecule has 1 aromatic carbocycles. The number of hydrogen-bond donors (Lipinski definition) is 2. The van der Waals surface area contributed by atoms with Gasteiger partial charge in [-0.15, -0.1) is 0 Å². The largest absolute Gasteiger partial charge is 0.342 e. The zero-order chi connectivity index (χ0) is 17.1. The Hall–Kier alpha value is -2.77. The lowest BCUT2D eigenvalue weighted by molar-refractivity contribution is -0.136. The number of carbonyl (C=O) groups excluding carboxylic acids is 2. The van der Waals surface area contributed by atoms with E-state index in [2.05, 4.69) is 15.6 Å². The third kappa shape index (κ3) is 3.76. The second kappa shape index (κ2) is 6.77. The van der Waals surface area contributed by atoms with Gasteiger partial charge in [0.05, 0.1) is 12.2 Å². The van der Waals surface area contributed by atoms with Crippen LogP contribution in [-0.2, 0) is 29.1 Å². The number of aromatic nitrogens is 2. The molecule has 8 heteroatoms. The molecule has 1 aliphatic rings. The van der Waals surface area contributed by atoms with Gasteiger partial charge >= 0.3 is 11.8 Å². The summed E-state index contributed by atoms with van der Waals surface area (Å²) in [6.07, 6.45) is 4.95. The van der Waals surface area contributed by atoms with Crippen LogP contribution in [0.3, 0.4) is 0 Å². The van der Waals surface area contributed by atoms with Crippen molar-refractivity contribution in [2.45, 2.75) is 32.4 Å². The Bertz CT molecular complexity index is 745. The van der Waals surface area contributed by atoms with E-state index in [9.17, 15) is 18.4 Å². The average Bonchev–Trinajstić information content (AvgIpc) is 2.94. The molecule has 0 saturated carbocycles. The SMILES string of the molecule is O=C(NCc1cn2c(n1)CCCC2)C(=O)Nc1cc(F)cc(F)c1. The highest BCUT2D eigenvalue weighted by Gasteiger charge is 2.16. The minimum Gasteiger partial charge on any atom is -0.342 e. The molecule has 0 fully saturated rings. The van der Waals surface area contributed by atoms with E-state index in [-0.39, 0.29) is 12.2 Å². The predicted octanol–water partition coefficient (Wildman–Crippen LogP) is 1.75. The van der Waals surface area contributed by atoms with E-state index in [0.29, 0.717) is 11.8 Å². The Kier molecular flexibility index (Phi) is 4.54. The Morgan fingerprint density at radius 3 is 2.58 bits per heavy atom. The van der Waals surface area contributed by atoms with E-state index >= 15 is 0 Å². The first kappa shape index (κ1) is 16.1. The van der Waals surface area contributed by atoms with Crippen molar-refractivity contribution in [3.8, 4) is 0 Å². The first-order valence-corrected chi connectivity index (χ1v) is 7.61. The number of amides is 2. The zero-order valence-corrected chi connectivity index (χ0v) is 12.8. The molecular weight excluding hydrogens is 318 g/mol. The summed E-state index contributed by atoms with van der Waals surface area (Å²) >= 11 is 0. The van der Waals surface area contributed by atoms with Crippen LogP contribution < -0.4 is 10.6 Å². The monoisotopic (exact) mass is 334 g/mol. The molecule has 3 rings (SSSR count). The highest BCUT2D eigenvalue weighted by Crippen LogP contribution is 2.15. The predicted molar refractivity (Wildman–Crippen MR) is 82.0 cm³/mol. The van der Waals surface area contributed by atoms with Crippen molar-refractivity contribution in [1.29, 1.82) is 0 Å². The van der Waals surface area contributed by atoms with Crippen LogP contribution in [0, 0.1) is 11.6 Å². The van der Waals surface area contributed by atoms with Gasteiger partial charge in [0.1, 0.15) is 17.5 Å². The minimum atomic E-state index is -0.996. The molecule has 2 heterocycles. The topological polar surface area (TPSA) is 76.0 Å². The third-order valence-electron chi connectivity index (χ3n) is 3.72. The Morgan fingerprint density at radius 2 is 1.88 bits per heavy atom. The van der Waals surface area contributed by atoms with Gasteiger partial charge in [0.2, 0.25) is 0 Å². The number of fused-ring (bicyclic) bond motifs is 1. The molecule has 24 heavy (non-hydrogen) atoms. The smallest absolute Gasteiger partial charge is 0.313 e. The van der Waals surface area contributed by atoms with Gasteiger partial charge in [0.15, 0.2) is 0 Å². The lowest BCUT2D eigenvalue weighted by atomic mass is 10.2. The minimum absolute atomic E-state index is 0.115. The van der Waals surface area contributed by atoms with Crippen LogP contribution in [0.5, 0.6) is 0 Å². The van der Waals surface area contributed by atoms with Crippen molar-refractivity contribution in [1.82, 2.24) is 14.9 Å². The average molecular weight is 334 g/mol. The van der Waals surface area contributed by atoms with Crippen molar-refractivity contribution in [2.24, 2.45) is 0 Å². The number of benzene rings is 1. The van der Waals surface area contributed by atoms with Crippen LogP contribution in [0.1, 0.15) is 24.4 Å². The third-order valence-corrected chi connectivity index (χ3v) is 3.72. The first-order valence-electron chi connectivity index (χ1n) is 7.61. The van der Waals surface area contributed by atoms with E-state index in [1.807, 2.05) is 10.8 Å². The van der Waals surface area contributed by atoms with Crippen molar-refractivity contribution >= 4 is 17.5 Å². The van der Waals surface area contributed by atoms with E-state index in [1.165, 1.54) is 0 Å². The molecule has 1 aliphatic heterocycles. The summed E-state index contributed by atoms with van der Waals surface area (Å²) in [7, 11) is 0. The van der Waals surface area contributed by atoms with Gasteiger partial charge < -0.3 is 15.2 Å². The van der Waals surface area contributed by atoms with Gasteiger partial charge in [-0.05, 0) is 25.0 Å². The highest BCUT2D eigenvalue weighted by molar-refractivity contribution is 6.39. The Balaban J connectivity index is 1.56. The van der Waals surface area contributed by atoms with Gasteiger partial charge in [-0.3, -0.25) is 9.59 Å². The summed E-state index contributed by atoms with van der Waals surface area (Å²) in [5, 5.41) is 4.59. The van der Waals surface area contributed by atoms with Crippen molar-refractivity contribution in [3.63, 3.8) is 0 Å². The molecule has 0 bridgehead atoms. The summed E-state index contributed by atoms with van der Waals surface area (Å²) in [4.78, 5) is 28.0. The Morgan fingerprint density at radius 1 is 1.12 bits per heavy atom. The number of rotatable bonds is 3. The number of imidazole rings is 1. The maximum Gasteiger partial charge on any atom is 0.313 e. The van der Waals surface area contributed by atoms with E-state index < -0.39 is 23.4 Å². The molecular formula is C16H16F2N4O2. The van der Waals surface area contributed by atoms with Crippen molar-refractivity contribution < 1.29 is 18.4 Å². The van der Waals surface area contributed by atoms with Gasteiger partial charge in [-0.1, -0.05) is 0 Å². The molecule has 126 valence electrons. The van der Waals surface area contributed by atoms with Crippen molar-refractivity contribution in [3.05, 3.63) is 47.5 Å². The number of nitrogens with one attached hydrogen (secondary N) is 2. The summed E-state index contributed by atoms with van der Waals surface area (Å²) in [6, 6.07) is 2.53. The van der Waals surface area contributed by atoms with Gasteiger partial charge in [0, 0.05) is 30.9 Å². The number of halogens is 2. The molecule has 0 atom stereocenters. The fraction of sp³-hybridized carbons (Fsp3) is 0.312. The van der Waals surface area contributed by atoms with Gasteiger partial charge in [-0.2, -0.15) is 0 Å². The maximum absolute atomic E-state index is 13.1. The van der Waals surface area contributed by atoms with Crippen LogP contribution in [-0.4, -0.2) is 21.4 Å². The number of hydrogen-bond acceptors (Lipinski definition) is 3. The Labute approximate surface area is 136 Å². The van der Waals surface area contributed by atoms with Crippen LogP contribution in [0.2, 0.25) is 0 Å². The molecule has 0 radical (unpaired) electrons. The number of nitrogens with zero attached hydrogens (tertiary/aromatic N) is 2. The molecule has 0 spiro atoms. The van der Waals surface area contributed by atoms with Crippen LogP contribution in [0.15, 0.2) is 24.4 Å². The standard InChI is InChI=1S/C16H16F2N4O2/c17-10-5-11(18)7-12(6-10)21-16(24)15(23)19-8-13-9-22-4-2-1-3-14(22)20-13/h5-7,9H,1-4,8H2,(H,19,23)(H,21,24). The lowest BCUT2D eigenvalue weighted by Gasteiger charge is -2.11. The van der Waals surface area contributed by atoms with E-state index in [0.717, 1.165) is 43.8 Å². The summed E-state index contributed by atoms with van der Waals surface area (Å²) < 4.78 is 28.2. The summed E-state index contributed by atoms with van der Waals surface area (Å²) in [6.45, 7) is 1.02. The fourth-order valence-electron chi connectivity index (χ4n) is 2.62. The molecule has 0 aliphatic carbocycles. The van der Waals surface area contributed by atoms with E-state index in [1.54, 1.807) is 0 Å². The maximum atomic E-state index is 13.1. The van der Waals surface area contributed by atoms with Crippen LogP contribution in [0.25, 0.3) is 0 Å². The molecule has 2 N–H and O–H groups in total. The van der Waals surface area contributed by atoms with Crippen LogP contribution in [0.4, 0.5) is 14.5 Å². The quantitative estimate of drug-likeness (QED) is 0.840. The number of carbonyl (C=O) groups is 2. The van der Waals surface area contributed by atoms with E-state index in [4.69, 9.17) is 0 Å². The summed E-state index contributed by atoms with van der Waals surface area (Å²) in [5.41, 5.74) is 0.551. The van der Waals surface area contributed by atoms with Gasteiger partial charge in [0.25, 0.3) is 0 Å². The summed E-state index contributed by atoms with van der Waals surface area (Å²) in [5.74, 6) is -2.59.